The maximum Gasteiger partial charge on any atom is 0.112 e. The minimum absolute atomic E-state index is 0.199. The molecule has 0 saturated heterocycles. The van der Waals surface area contributed by atoms with Crippen molar-refractivity contribution >= 4 is 44.4 Å². The predicted molar refractivity (Wildman–Crippen MR) is 83.3 cm³/mol. The minimum Gasteiger partial charge on any atom is -0.382 e. The zero-order valence-electron chi connectivity index (χ0n) is 10.7. The van der Waals surface area contributed by atoms with E-state index in [0.717, 1.165) is 27.7 Å². The van der Waals surface area contributed by atoms with Crippen molar-refractivity contribution in [2.24, 2.45) is 0 Å². The van der Waals surface area contributed by atoms with E-state index in [9.17, 15) is 0 Å². The second kappa shape index (κ2) is 5.45. The van der Waals surface area contributed by atoms with Crippen LogP contribution in [0.3, 0.4) is 0 Å². The summed E-state index contributed by atoms with van der Waals surface area (Å²) in [5, 5.41) is 3.46. The van der Waals surface area contributed by atoms with Gasteiger partial charge in [-0.05, 0) is 48.2 Å². The molecule has 0 aliphatic heterocycles. The van der Waals surface area contributed by atoms with Gasteiger partial charge in [-0.3, -0.25) is 9.97 Å². The Labute approximate surface area is 120 Å². The van der Waals surface area contributed by atoms with Crippen LogP contribution >= 0.6 is 27.7 Å². The van der Waals surface area contributed by atoms with Gasteiger partial charge in [-0.1, -0.05) is 0 Å². The van der Waals surface area contributed by atoms with Crippen molar-refractivity contribution in [1.29, 1.82) is 0 Å². The number of anilines is 1. The number of thioether (sulfide) groups is 1. The lowest BCUT2D eigenvalue weighted by molar-refractivity contribution is 0.753. The van der Waals surface area contributed by atoms with E-state index in [1.54, 1.807) is 6.20 Å². The lowest BCUT2D eigenvalue weighted by Crippen LogP contribution is -2.26. The van der Waals surface area contributed by atoms with Crippen LogP contribution in [-0.2, 0) is 0 Å². The standard InChI is InChI=1S/C13H16BrN3S/c1-13(2,18-3)8-17-10-4-5-15-11-6-9(14)7-16-12(10)11/h4-7H,8H2,1-3H3,(H,15,17). The Morgan fingerprint density at radius 3 is 2.89 bits per heavy atom. The predicted octanol–water partition coefficient (Wildman–Crippen LogP) is 3.95. The summed E-state index contributed by atoms with van der Waals surface area (Å²) in [6, 6.07) is 3.95. The number of hydrogen-bond acceptors (Lipinski definition) is 4. The van der Waals surface area contributed by atoms with Crippen molar-refractivity contribution in [2.75, 3.05) is 18.1 Å². The Morgan fingerprint density at radius 2 is 2.17 bits per heavy atom. The monoisotopic (exact) mass is 325 g/mol. The summed E-state index contributed by atoms with van der Waals surface area (Å²) < 4.78 is 1.15. The lowest BCUT2D eigenvalue weighted by Gasteiger charge is -2.23. The number of aromatic nitrogens is 2. The molecule has 96 valence electrons. The molecule has 0 spiro atoms. The molecule has 0 amide bonds. The maximum absolute atomic E-state index is 4.43. The highest BCUT2D eigenvalue weighted by atomic mass is 79.9. The van der Waals surface area contributed by atoms with Crippen molar-refractivity contribution in [1.82, 2.24) is 9.97 Å². The Kier molecular flexibility index (Phi) is 4.12. The van der Waals surface area contributed by atoms with Crippen molar-refractivity contribution in [3.63, 3.8) is 0 Å². The summed E-state index contributed by atoms with van der Waals surface area (Å²) in [4.78, 5) is 8.76. The molecule has 0 aliphatic carbocycles. The van der Waals surface area contributed by atoms with Crippen LogP contribution in [0.25, 0.3) is 11.0 Å². The van der Waals surface area contributed by atoms with Gasteiger partial charge in [0.2, 0.25) is 0 Å². The van der Waals surface area contributed by atoms with E-state index in [2.05, 4.69) is 51.3 Å². The molecule has 0 unspecified atom stereocenters. The smallest absolute Gasteiger partial charge is 0.112 e. The quantitative estimate of drug-likeness (QED) is 0.923. The van der Waals surface area contributed by atoms with E-state index < -0.39 is 0 Å². The van der Waals surface area contributed by atoms with Gasteiger partial charge in [0.1, 0.15) is 5.52 Å². The molecule has 2 aromatic rings. The first kappa shape index (κ1) is 13.6. The summed E-state index contributed by atoms with van der Waals surface area (Å²) in [6.45, 7) is 5.33. The fourth-order valence-corrected chi connectivity index (χ4v) is 2.06. The molecule has 1 N–H and O–H groups in total. The molecule has 0 aliphatic rings. The topological polar surface area (TPSA) is 37.8 Å². The van der Waals surface area contributed by atoms with Crippen molar-refractivity contribution in [2.45, 2.75) is 18.6 Å². The Balaban J connectivity index is 2.29. The SMILES string of the molecule is CSC(C)(C)CNc1ccnc2cc(Br)cnc12. The van der Waals surface area contributed by atoms with Gasteiger partial charge in [0.05, 0.1) is 11.2 Å². The van der Waals surface area contributed by atoms with Crippen molar-refractivity contribution in [3.05, 3.63) is 29.0 Å². The Morgan fingerprint density at radius 1 is 1.39 bits per heavy atom. The van der Waals surface area contributed by atoms with Gasteiger partial charge in [-0.25, -0.2) is 0 Å². The van der Waals surface area contributed by atoms with Crippen LogP contribution in [0.5, 0.6) is 0 Å². The van der Waals surface area contributed by atoms with E-state index in [1.165, 1.54) is 0 Å². The van der Waals surface area contributed by atoms with Gasteiger partial charge in [-0.2, -0.15) is 11.8 Å². The molecule has 0 atom stereocenters. The summed E-state index contributed by atoms with van der Waals surface area (Å²) >= 11 is 5.26. The number of fused-ring (bicyclic) bond motifs is 1. The zero-order chi connectivity index (χ0) is 13.2. The molecule has 0 aromatic carbocycles. The Bertz CT molecular complexity index is 557. The number of nitrogens with zero attached hydrogens (tertiary/aromatic N) is 2. The van der Waals surface area contributed by atoms with Gasteiger partial charge in [0.25, 0.3) is 0 Å². The number of rotatable bonds is 4. The molecule has 2 aromatic heterocycles. The number of hydrogen-bond donors (Lipinski definition) is 1. The van der Waals surface area contributed by atoms with Crippen LogP contribution in [0.1, 0.15) is 13.8 Å². The first-order chi connectivity index (χ1) is 8.52. The molecular formula is C13H16BrN3S. The van der Waals surface area contributed by atoms with E-state index in [0.29, 0.717) is 0 Å². The number of nitrogens with one attached hydrogen (secondary N) is 1. The molecular weight excluding hydrogens is 310 g/mol. The van der Waals surface area contributed by atoms with E-state index in [1.807, 2.05) is 30.1 Å². The highest BCUT2D eigenvalue weighted by Gasteiger charge is 2.16. The lowest BCUT2D eigenvalue weighted by atomic mass is 10.2. The van der Waals surface area contributed by atoms with Gasteiger partial charge in [0, 0.05) is 28.2 Å². The van der Waals surface area contributed by atoms with Crippen LogP contribution in [0.2, 0.25) is 0 Å². The normalized spacial score (nSPS) is 11.8. The number of halogens is 1. The largest absolute Gasteiger partial charge is 0.382 e. The zero-order valence-corrected chi connectivity index (χ0v) is 13.1. The molecule has 0 fully saturated rings. The maximum atomic E-state index is 4.43. The molecule has 18 heavy (non-hydrogen) atoms. The fraction of sp³-hybridized carbons (Fsp3) is 0.385. The van der Waals surface area contributed by atoms with E-state index >= 15 is 0 Å². The van der Waals surface area contributed by atoms with Crippen LogP contribution < -0.4 is 5.32 Å². The van der Waals surface area contributed by atoms with Crippen LogP contribution in [-0.4, -0.2) is 27.5 Å². The van der Waals surface area contributed by atoms with Crippen LogP contribution in [0.4, 0.5) is 5.69 Å². The highest BCUT2D eigenvalue weighted by molar-refractivity contribution is 9.10. The first-order valence-electron chi connectivity index (χ1n) is 5.71. The fourth-order valence-electron chi connectivity index (χ4n) is 1.53. The minimum atomic E-state index is 0.199. The van der Waals surface area contributed by atoms with Gasteiger partial charge >= 0.3 is 0 Å². The summed E-state index contributed by atoms with van der Waals surface area (Å²) in [5.41, 5.74) is 2.85. The third-order valence-corrected chi connectivity index (χ3v) is 4.48. The highest BCUT2D eigenvalue weighted by Crippen LogP contribution is 2.25. The van der Waals surface area contributed by atoms with Crippen molar-refractivity contribution < 1.29 is 0 Å². The van der Waals surface area contributed by atoms with Gasteiger partial charge < -0.3 is 5.32 Å². The summed E-state index contributed by atoms with van der Waals surface area (Å²) in [6.07, 6.45) is 5.74. The molecule has 2 heterocycles. The average Bonchev–Trinajstić information content (AvgIpc) is 2.36. The van der Waals surface area contributed by atoms with E-state index in [-0.39, 0.29) is 4.75 Å². The molecule has 2 rings (SSSR count). The number of pyridine rings is 2. The second-order valence-corrected chi connectivity index (χ2v) is 7.13. The molecule has 3 nitrogen and oxygen atoms in total. The second-order valence-electron chi connectivity index (χ2n) is 4.70. The van der Waals surface area contributed by atoms with Crippen molar-refractivity contribution in [3.8, 4) is 0 Å². The van der Waals surface area contributed by atoms with Crippen LogP contribution in [0, 0.1) is 0 Å². The van der Waals surface area contributed by atoms with Crippen LogP contribution in [0.15, 0.2) is 29.0 Å². The molecule has 5 heteroatoms. The Hall–Kier alpha value is -0.810. The van der Waals surface area contributed by atoms with Gasteiger partial charge in [-0.15, -0.1) is 0 Å². The van der Waals surface area contributed by atoms with E-state index in [4.69, 9.17) is 0 Å². The third kappa shape index (κ3) is 3.14. The third-order valence-electron chi connectivity index (χ3n) is 2.80. The molecule has 0 radical (unpaired) electrons. The summed E-state index contributed by atoms with van der Waals surface area (Å²) in [7, 11) is 0. The first-order valence-corrected chi connectivity index (χ1v) is 7.73. The van der Waals surface area contributed by atoms with Gasteiger partial charge in [0.15, 0.2) is 0 Å². The molecule has 0 saturated carbocycles. The molecule has 0 bridgehead atoms. The summed E-state index contributed by atoms with van der Waals surface area (Å²) in [5.74, 6) is 0. The average molecular weight is 326 g/mol.